The van der Waals surface area contributed by atoms with Crippen molar-refractivity contribution in [3.05, 3.63) is 0 Å². The van der Waals surface area contributed by atoms with Crippen molar-refractivity contribution in [2.45, 2.75) is 31.7 Å². The number of nitrogens with zero attached hydrogens (tertiary/aromatic N) is 1. The number of amides is 1. The highest BCUT2D eigenvalue weighted by molar-refractivity contribution is 5.79. The van der Waals surface area contributed by atoms with E-state index in [1.807, 2.05) is 6.92 Å². The zero-order chi connectivity index (χ0) is 11.1. The Morgan fingerprint density at radius 1 is 1.53 bits per heavy atom. The van der Waals surface area contributed by atoms with E-state index in [2.05, 4.69) is 5.32 Å². The standard InChI is InChI=1S/C10H16F2N2O/c1-7-2-9(15)14(5-7)8-3-10(11,12)6-13-4-8/h7-8,13H,2-6H2,1H3/t7?,8-/m1/s1. The molecule has 86 valence electrons. The lowest BCUT2D eigenvalue weighted by molar-refractivity contribution is -0.132. The molecule has 3 nitrogen and oxygen atoms in total. The van der Waals surface area contributed by atoms with Gasteiger partial charge in [0.1, 0.15) is 0 Å². The van der Waals surface area contributed by atoms with Gasteiger partial charge in [-0.25, -0.2) is 8.78 Å². The molecule has 1 N–H and O–H groups in total. The Morgan fingerprint density at radius 3 is 2.80 bits per heavy atom. The van der Waals surface area contributed by atoms with Crippen molar-refractivity contribution in [2.24, 2.45) is 5.92 Å². The molecule has 2 saturated heterocycles. The third kappa shape index (κ3) is 2.27. The zero-order valence-electron chi connectivity index (χ0n) is 8.80. The number of carbonyl (C=O) groups excluding carboxylic acids is 1. The van der Waals surface area contributed by atoms with Crippen molar-refractivity contribution in [1.29, 1.82) is 0 Å². The molecular formula is C10H16F2N2O. The lowest BCUT2D eigenvalue weighted by Crippen LogP contribution is -2.54. The summed E-state index contributed by atoms with van der Waals surface area (Å²) in [6.07, 6.45) is 0.306. The van der Waals surface area contributed by atoms with Crippen molar-refractivity contribution in [2.75, 3.05) is 19.6 Å². The number of likely N-dealkylation sites (tertiary alicyclic amines) is 1. The van der Waals surface area contributed by atoms with Gasteiger partial charge in [-0.15, -0.1) is 0 Å². The van der Waals surface area contributed by atoms with Crippen LogP contribution in [0.2, 0.25) is 0 Å². The fourth-order valence-electron chi connectivity index (χ4n) is 2.40. The monoisotopic (exact) mass is 218 g/mol. The fraction of sp³-hybridized carbons (Fsp3) is 0.900. The third-order valence-corrected chi connectivity index (χ3v) is 3.09. The maximum atomic E-state index is 13.1. The highest BCUT2D eigenvalue weighted by Gasteiger charge is 2.41. The van der Waals surface area contributed by atoms with Crippen LogP contribution in [0.1, 0.15) is 19.8 Å². The smallest absolute Gasteiger partial charge is 0.262 e. The molecule has 0 aromatic heterocycles. The summed E-state index contributed by atoms with van der Waals surface area (Å²) in [6, 6.07) is -0.328. The Kier molecular flexibility index (Phi) is 2.66. The maximum absolute atomic E-state index is 13.1. The van der Waals surface area contributed by atoms with Crippen LogP contribution in [0.4, 0.5) is 8.78 Å². The second-order valence-electron chi connectivity index (χ2n) is 4.70. The summed E-state index contributed by atoms with van der Waals surface area (Å²) in [5, 5.41) is 2.69. The van der Waals surface area contributed by atoms with Crippen LogP contribution >= 0.6 is 0 Å². The number of hydrogen-bond donors (Lipinski definition) is 1. The molecule has 2 rings (SSSR count). The third-order valence-electron chi connectivity index (χ3n) is 3.09. The Bertz CT molecular complexity index is 270. The van der Waals surface area contributed by atoms with Gasteiger partial charge < -0.3 is 10.2 Å². The average Bonchev–Trinajstić information content (AvgIpc) is 2.43. The predicted molar refractivity (Wildman–Crippen MR) is 51.7 cm³/mol. The van der Waals surface area contributed by atoms with E-state index >= 15 is 0 Å². The van der Waals surface area contributed by atoms with Crippen molar-refractivity contribution in [1.82, 2.24) is 10.2 Å². The molecule has 1 amide bonds. The minimum Gasteiger partial charge on any atom is -0.338 e. The van der Waals surface area contributed by atoms with Crippen molar-refractivity contribution >= 4 is 5.91 Å². The van der Waals surface area contributed by atoms with Gasteiger partial charge in [-0.3, -0.25) is 4.79 Å². The summed E-state index contributed by atoms with van der Waals surface area (Å²) in [5.41, 5.74) is 0. The first-order valence-corrected chi connectivity index (χ1v) is 5.36. The Morgan fingerprint density at radius 2 is 2.27 bits per heavy atom. The van der Waals surface area contributed by atoms with Gasteiger partial charge in [-0.05, 0) is 5.92 Å². The molecule has 0 aromatic rings. The molecule has 2 aliphatic heterocycles. The highest BCUT2D eigenvalue weighted by atomic mass is 19.3. The molecule has 0 radical (unpaired) electrons. The predicted octanol–water partition coefficient (Wildman–Crippen LogP) is 0.852. The largest absolute Gasteiger partial charge is 0.338 e. The van der Waals surface area contributed by atoms with E-state index in [-0.39, 0.29) is 24.9 Å². The van der Waals surface area contributed by atoms with E-state index in [1.165, 1.54) is 0 Å². The van der Waals surface area contributed by atoms with E-state index in [1.54, 1.807) is 4.90 Å². The van der Waals surface area contributed by atoms with Crippen molar-refractivity contribution < 1.29 is 13.6 Å². The van der Waals surface area contributed by atoms with Crippen molar-refractivity contribution in [3.63, 3.8) is 0 Å². The minimum atomic E-state index is -2.67. The van der Waals surface area contributed by atoms with Gasteiger partial charge in [0, 0.05) is 32.0 Å². The first kappa shape index (κ1) is 10.8. The summed E-state index contributed by atoms with van der Waals surface area (Å²) in [5.74, 6) is -2.35. The molecule has 0 aliphatic carbocycles. The molecule has 0 spiro atoms. The first-order chi connectivity index (χ1) is 6.98. The molecule has 0 bridgehead atoms. The van der Waals surface area contributed by atoms with E-state index in [0.29, 0.717) is 25.4 Å². The van der Waals surface area contributed by atoms with Crippen LogP contribution in [0.3, 0.4) is 0 Å². The highest BCUT2D eigenvalue weighted by Crippen LogP contribution is 2.28. The topological polar surface area (TPSA) is 32.3 Å². The van der Waals surface area contributed by atoms with Crippen LogP contribution in [0.5, 0.6) is 0 Å². The normalized spacial score (nSPS) is 35.9. The number of halogens is 2. The van der Waals surface area contributed by atoms with Crippen molar-refractivity contribution in [3.8, 4) is 0 Å². The lowest BCUT2D eigenvalue weighted by Gasteiger charge is -2.35. The van der Waals surface area contributed by atoms with Gasteiger partial charge in [0.25, 0.3) is 5.92 Å². The Balaban J connectivity index is 2.01. The molecule has 2 fully saturated rings. The Hall–Kier alpha value is -0.710. The van der Waals surface area contributed by atoms with Gasteiger partial charge in [-0.2, -0.15) is 0 Å². The summed E-state index contributed by atoms with van der Waals surface area (Å²) >= 11 is 0. The molecule has 2 atom stereocenters. The number of alkyl halides is 2. The summed E-state index contributed by atoms with van der Waals surface area (Å²) < 4.78 is 26.3. The minimum absolute atomic E-state index is 0.0204. The van der Waals surface area contributed by atoms with Gasteiger partial charge in [0.15, 0.2) is 0 Å². The van der Waals surface area contributed by atoms with E-state index in [4.69, 9.17) is 0 Å². The average molecular weight is 218 g/mol. The van der Waals surface area contributed by atoms with Crippen LogP contribution in [0.25, 0.3) is 0 Å². The zero-order valence-corrected chi connectivity index (χ0v) is 8.80. The first-order valence-electron chi connectivity index (χ1n) is 5.36. The fourth-order valence-corrected chi connectivity index (χ4v) is 2.40. The number of nitrogens with one attached hydrogen (secondary N) is 1. The maximum Gasteiger partial charge on any atom is 0.262 e. The summed E-state index contributed by atoms with van der Waals surface area (Å²) in [7, 11) is 0. The van der Waals surface area contributed by atoms with E-state index in [0.717, 1.165) is 0 Å². The number of carbonyl (C=O) groups is 1. The van der Waals surface area contributed by atoms with E-state index < -0.39 is 5.92 Å². The summed E-state index contributed by atoms with van der Waals surface area (Å²) in [6.45, 7) is 2.84. The van der Waals surface area contributed by atoms with Crippen LogP contribution in [0, 0.1) is 5.92 Å². The lowest BCUT2D eigenvalue weighted by atomic mass is 10.0. The van der Waals surface area contributed by atoms with Crippen LogP contribution < -0.4 is 5.32 Å². The van der Waals surface area contributed by atoms with Gasteiger partial charge in [-0.1, -0.05) is 6.92 Å². The number of piperidine rings is 1. The molecule has 15 heavy (non-hydrogen) atoms. The number of rotatable bonds is 1. The Labute approximate surface area is 87.8 Å². The second-order valence-corrected chi connectivity index (χ2v) is 4.70. The molecule has 0 saturated carbocycles. The molecule has 1 unspecified atom stereocenters. The SMILES string of the molecule is CC1CC(=O)N([C@H]2CNCC(F)(F)C2)C1. The van der Waals surface area contributed by atoms with Gasteiger partial charge >= 0.3 is 0 Å². The number of hydrogen-bond acceptors (Lipinski definition) is 2. The second kappa shape index (κ2) is 3.70. The molecular weight excluding hydrogens is 202 g/mol. The van der Waals surface area contributed by atoms with Crippen LogP contribution in [-0.2, 0) is 4.79 Å². The molecule has 0 aromatic carbocycles. The quantitative estimate of drug-likeness (QED) is 0.707. The van der Waals surface area contributed by atoms with Crippen LogP contribution in [-0.4, -0.2) is 42.4 Å². The van der Waals surface area contributed by atoms with Gasteiger partial charge in [0.2, 0.25) is 5.91 Å². The molecule has 2 heterocycles. The summed E-state index contributed by atoms with van der Waals surface area (Å²) in [4.78, 5) is 13.2. The van der Waals surface area contributed by atoms with Gasteiger partial charge in [0.05, 0.1) is 6.54 Å². The molecule has 2 aliphatic rings. The van der Waals surface area contributed by atoms with Crippen LogP contribution in [0.15, 0.2) is 0 Å². The molecule has 5 heteroatoms. The van der Waals surface area contributed by atoms with E-state index in [9.17, 15) is 13.6 Å².